The minimum absolute atomic E-state index is 0.696. The summed E-state index contributed by atoms with van der Waals surface area (Å²) in [5, 5.41) is 0. The fraction of sp³-hybridized carbons (Fsp3) is 0.250. The maximum atomic E-state index is 5.78. The van der Waals surface area contributed by atoms with E-state index in [1.54, 1.807) is 6.20 Å². The molecule has 108 valence electrons. The molecule has 1 N–H and O–H groups in total. The lowest BCUT2D eigenvalue weighted by Crippen LogP contribution is -2.00. The Hall–Kier alpha value is -2.14. The van der Waals surface area contributed by atoms with Crippen LogP contribution in [0.15, 0.2) is 42.7 Å². The maximum absolute atomic E-state index is 5.78. The second kappa shape index (κ2) is 6.10. The van der Waals surface area contributed by atoms with Crippen LogP contribution in [-0.4, -0.2) is 21.1 Å². The summed E-state index contributed by atoms with van der Waals surface area (Å²) in [5.74, 6) is 0.852. The zero-order chi connectivity index (χ0) is 14.7. The summed E-state index contributed by atoms with van der Waals surface area (Å²) >= 11 is 5.46. The first kappa shape index (κ1) is 13.8. The van der Waals surface area contributed by atoms with Crippen LogP contribution < -0.4 is 4.74 Å². The van der Waals surface area contributed by atoms with E-state index >= 15 is 0 Å². The first-order chi connectivity index (χ1) is 10.3. The summed E-state index contributed by atoms with van der Waals surface area (Å²) < 4.78 is 8.55. The number of benzene rings is 1. The highest BCUT2D eigenvalue weighted by atomic mass is 32.1. The number of aromatic amines is 1. The molecule has 2 aromatic heterocycles. The average Bonchev–Trinajstić information content (AvgIpc) is 2.83. The van der Waals surface area contributed by atoms with Gasteiger partial charge in [-0.05, 0) is 42.4 Å². The Bertz CT molecular complexity index is 792. The quantitative estimate of drug-likeness (QED) is 0.726. The average molecular weight is 299 g/mol. The smallest absolute Gasteiger partial charge is 0.178 e. The molecule has 0 saturated carbocycles. The highest BCUT2D eigenvalue weighted by Gasteiger charge is 2.09. The van der Waals surface area contributed by atoms with E-state index < -0.39 is 0 Å². The molecule has 0 aliphatic carbocycles. The van der Waals surface area contributed by atoms with Crippen LogP contribution in [0.4, 0.5) is 0 Å². The molecule has 0 unspecified atom stereocenters. The monoisotopic (exact) mass is 299 g/mol. The van der Waals surface area contributed by atoms with Crippen LogP contribution in [0, 0.1) is 4.77 Å². The van der Waals surface area contributed by atoms with E-state index in [-0.39, 0.29) is 0 Å². The van der Waals surface area contributed by atoms with Gasteiger partial charge in [0.05, 0.1) is 18.7 Å². The number of ether oxygens (including phenoxy) is 1. The molecule has 0 fully saturated rings. The van der Waals surface area contributed by atoms with Crippen LogP contribution in [0.5, 0.6) is 5.75 Å². The summed E-state index contributed by atoms with van der Waals surface area (Å²) in [6.45, 7) is 3.49. The van der Waals surface area contributed by atoms with E-state index in [1.807, 2.05) is 30.5 Å². The molecule has 3 aromatic rings. The normalized spacial score (nSPS) is 10.9. The molecule has 0 amide bonds. The van der Waals surface area contributed by atoms with E-state index in [2.05, 4.69) is 27.5 Å². The molecule has 0 aliphatic heterocycles. The van der Waals surface area contributed by atoms with Gasteiger partial charge in [-0.25, -0.2) is 0 Å². The highest BCUT2D eigenvalue weighted by Crippen LogP contribution is 2.25. The summed E-state index contributed by atoms with van der Waals surface area (Å²) in [6.07, 6.45) is 4.61. The molecular formula is C16H17N3OS. The predicted octanol–water partition coefficient (Wildman–Crippen LogP) is 3.93. The van der Waals surface area contributed by atoms with Crippen LogP contribution in [0.25, 0.3) is 11.0 Å². The van der Waals surface area contributed by atoms with Crippen molar-refractivity contribution in [2.75, 3.05) is 6.61 Å². The summed E-state index contributed by atoms with van der Waals surface area (Å²) in [5.41, 5.74) is 3.13. The van der Waals surface area contributed by atoms with E-state index in [0.29, 0.717) is 17.9 Å². The number of nitrogens with zero attached hydrogens (tertiary/aromatic N) is 2. The van der Waals surface area contributed by atoms with Crippen LogP contribution in [0.1, 0.15) is 18.9 Å². The molecule has 0 saturated heterocycles. The lowest BCUT2D eigenvalue weighted by Gasteiger charge is -2.07. The van der Waals surface area contributed by atoms with Gasteiger partial charge in [0.25, 0.3) is 0 Å². The first-order valence-electron chi connectivity index (χ1n) is 7.03. The van der Waals surface area contributed by atoms with Gasteiger partial charge < -0.3 is 14.3 Å². The van der Waals surface area contributed by atoms with Crippen molar-refractivity contribution in [1.82, 2.24) is 14.5 Å². The number of fused-ring (bicyclic) bond motifs is 1. The van der Waals surface area contributed by atoms with Gasteiger partial charge in [0.1, 0.15) is 11.3 Å². The highest BCUT2D eigenvalue weighted by molar-refractivity contribution is 7.71. The van der Waals surface area contributed by atoms with Gasteiger partial charge in [0, 0.05) is 12.4 Å². The predicted molar refractivity (Wildman–Crippen MR) is 86.2 cm³/mol. The standard InChI is InChI=1S/C16H17N3OS/c1-2-9-20-14-7-3-6-13-15(14)18-16(21)19(13)11-12-5-4-8-17-10-12/h3-8,10H,2,9,11H2,1H3,(H,18,21). The van der Waals surface area contributed by atoms with Crippen LogP contribution in [0.3, 0.4) is 0 Å². The summed E-state index contributed by atoms with van der Waals surface area (Å²) in [7, 11) is 0. The number of hydrogen-bond acceptors (Lipinski definition) is 3. The molecule has 21 heavy (non-hydrogen) atoms. The number of rotatable bonds is 5. The fourth-order valence-corrected chi connectivity index (χ4v) is 2.58. The Labute approximate surface area is 128 Å². The largest absolute Gasteiger partial charge is 0.491 e. The molecule has 2 heterocycles. The maximum Gasteiger partial charge on any atom is 0.178 e. The molecule has 4 nitrogen and oxygen atoms in total. The topological polar surface area (TPSA) is 42.8 Å². The van der Waals surface area contributed by atoms with Crippen molar-refractivity contribution >= 4 is 23.3 Å². The fourth-order valence-electron chi connectivity index (χ4n) is 2.32. The van der Waals surface area contributed by atoms with E-state index in [1.165, 1.54) is 0 Å². The minimum Gasteiger partial charge on any atom is -0.491 e. The van der Waals surface area contributed by atoms with Crippen molar-refractivity contribution in [2.24, 2.45) is 0 Å². The molecule has 1 aromatic carbocycles. The van der Waals surface area contributed by atoms with Crippen LogP contribution >= 0.6 is 12.2 Å². The van der Waals surface area contributed by atoms with Gasteiger partial charge in [-0.2, -0.15) is 0 Å². The van der Waals surface area contributed by atoms with Crippen molar-refractivity contribution in [3.8, 4) is 5.75 Å². The van der Waals surface area contributed by atoms with Crippen molar-refractivity contribution in [2.45, 2.75) is 19.9 Å². The number of aromatic nitrogens is 3. The van der Waals surface area contributed by atoms with Gasteiger partial charge in [-0.1, -0.05) is 19.1 Å². The molecule has 5 heteroatoms. The van der Waals surface area contributed by atoms with Crippen LogP contribution in [0.2, 0.25) is 0 Å². The Morgan fingerprint density at radius 1 is 1.29 bits per heavy atom. The van der Waals surface area contributed by atoms with Crippen LogP contribution in [-0.2, 0) is 6.54 Å². The number of hydrogen-bond donors (Lipinski definition) is 1. The Balaban J connectivity index is 2.03. The summed E-state index contributed by atoms with van der Waals surface area (Å²) in [4.78, 5) is 7.41. The molecule has 0 bridgehead atoms. The number of para-hydroxylation sites is 1. The lowest BCUT2D eigenvalue weighted by atomic mass is 10.2. The van der Waals surface area contributed by atoms with E-state index in [9.17, 15) is 0 Å². The third-order valence-electron chi connectivity index (χ3n) is 3.30. The zero-order valence-electron chi connectivity index (χ0n) is 11.9. The van der Waals surface area contributed by atoms with E-state index in [0.717, 1.165) is 28.8 Å². The van der Waals surface area contributed by atoms with Crippen molar-refractivity contribution in [3.63, 3.8) is 0 Å². The zero-order valence-corrected chi connectivity index (χ0v) is 12.7. The van der Waals surface area contributed by atoms with Gasteiger partial charge in [-0.3, -0.25) is 4.98 Å². The van der Waals surface area contributed by atoms with Gasteiger partial charge in [0.2, 0.25) is 0 Å². The van der Waals surface area contributed by atoms with Gasteiger partial charge in [0.15, 0.2) is 4.77 Å². The molecular weight excluding hydrogens is 282 g/mol. The number of H-pyrrole nitrogens is 1. The van der Waals surface area contributed by atoms with Crippen molar-refractivity contribution in [1.29, 1.82) is 0 Å². The van der Waals surface area contributed by atoms with Gasteiger partial charge in [-0.15, -0.1) is 0 Å². The van der Waals surface area contributed by atoms with E-state index in [4.69, 9.17) is 17.0 Å². The second-order valence-corrected chi connectivity index (χ2v) is 5.26. The SMILES string of the molecule is CCCOc1cccc2c1[nH]c(=S)n2Cc1cccnc1. The van der Waals surface area contributed by atoms with Crippen molar-refractivity contribution < 1.29 is 4.74 Å². The Morgan fingerprint density at radius 3 is 2.95 bits per heavy atom. The third-order valence-corrected chi connectivity index (χ3v) is 3.62. The number of imidazole rings is 1. The molecule has 0 radical (unpaired) electrons. The first-order valence-corrected chi connectivity index (χ1v) is 7.43. The Morgan fingerprint density at radius 2 is 2.19 bits per heavy atom. The minimum atomic E-state index is 0.696. The molecule has 3 rings (SSSR count). The third kappa shape index (κ3) is 2.83. The summed E-state index contributed by atoms with van der Waals surface area (Å²) in [6, 6.07) is 10.00. The second-order valence-electron chi connectivity index (χ2n) is 4.88. The molecule has 0 aliphatic rings. The van der Waals surface area contributed by atoms with Crippen molar-refractivity contribution in [3.05, 3.63) is 53.1 Å². The number of nitrogens with one attached hydrogen (secondary N) is 1. The molecule has 0 atom stereocenters. The number of pyridine rings is 1. The molecule has 0 spiro atoms. The lowest BCUT2D eigenvalue weighted by molar-refractivity contribution is 0.320. The Kier molecular flexibility index (Phi) is 4.01. The van der Waals surface area contributed by atoms with Gasteiger partial charge >= 0.3 is 0 Å².